The smallest absolute Gasteiger partial charge is 0.328 e. The number of nitrogens with one attached hydrogen (secondary N) is 2. The molecule has 0 atom stereocenters. The lowest BCUT2D eigenvalue weighted by molar-refractivity contribution is -0.143. The maximum Gasteiger partial charge on any atom is 0.328 e. The predicted octanol–water partition coefficient (Wildman–Crippen LogP) is 0.809. The summed E-state index contributed by atoms with van der Waals surface area (Å²) in [5, 5.41) is 14.1. The van der Waals surface area contributed by atoms with Gasteiger partial charge >= 0.3 is 12.0 Å². The van der Waals surface area contributed by atoms with Crippen molar-refractivity contribution < 1.29 is 19.5 Å². The van der Waals surface area contributed by atoms with Gasteiger partial charge < -0.3 is 15.7 Å². The number of rotatable bonds is 4. The molecule has 3 N–H and O–H groups in total. The van der Waals surface area contributed by atoms with Gasteiger partial charge in [-0.05, 0) is 38.1 Å². The van der Waals surface area contributed by atoms with E-state index < -0.39 is 17.4 Å². The van der Waals surface area contributed by atoms with Crippen molar-refractivity contribution in [3.05, 3.63) is 29.8 Å². The van der Waals surface area contributed by atoms with Crippen LogP contribution in [0.1, 0.15) is 24.2 Å². The van der Waals surface area contributed by atoms with Gasteiger partial charge in [-0.2, -0.15) is 0 Å². The highest BCUT2D eigenvalue weighted by molar-refractivity contribution is 5.99. The second kappa shape index (κ2) is 5.43. The Labute approximate surface area is 121 Å². The van der Waals surface area contributed by atoms with E-state index in [9.17, 15) is 14.4 Å². The van der Waals surface area contributed by atoms with Crippen molar-refractivity contribution in [2.75, 3.05) is 18.0 Å². The van der Waals surface area contributed by atoms with Crippen LogP contribution in [0.3, 0.4) is 0 Å². The molecule has 3 amide bonds. The van der Waals surface area contributed by atoms with Crippen LogP contribution >= 0.6 is 0 Å². The largest absolute Gasteiger partial charge is 0.480 e. The summed E-state index contributed by atoms with van der Waals surface area (Å²) in [5.74, 6) is -1.58. The molecule has 0 saturated carbocycles. The molecule has 7 heteroatoms. The molecule has 0 unspecified atom stereocenters. The van der Waals surface area contributed by atoms with E-state index >= 15 is 0 Å². The molecule has 1 aliphatic heterocycles. The fourth-order valence-electron chi connectivity index (χ4n) is 1.92. The van der Waals surface area contributed by atoms with Crippen LogP contribution in [-0.2, 0) is 4.79 Å². The second-order valence-corrected chi connectivity index (χ2v) is 5.31. The van der Waals surface area contributed by atoms with E-state index in [0.29, 0.717) is 24.3 Å². The molecule has 0 bridgehead atoms. The zero-order valence-corrected chi connectivity index (χ0v) is 11.8. The van der Waals surface area contributed by atoms with E-state index in [4.69, 9.17) is 5.11 Å². The van der Waals surface area contributed by atoms with Gasteiger partial charge in [0.1, 0.15) is 5.54 Å². The molecule has 1 heterocycles. The van der Waals surface area contributed by atoms with Crippen LogP contribution in [0.2, 0.25) is 0 Å². The van der Waals surface area contributed by atoms with E-state index in [2.05, 4.69) is 10.6 Å². The summed E-state index contributed by atoms with van der Waals surface area (Å²) < 4.78 is 0. The third kappa shape index (κ3) is 3.13. The molecule has 0 aliphatic carbocycles. The molecule has 21 heavy (non-hydrogen) atoms. The van der Waals surface area contributed by atoms with Crippen LogP contribution in [0.25, 0.3) is 0 Å². The first-order valence-corrected chi connectivity index (χ1v) is 6.52. The van der Waals surface area contributed by atoms with Crippen LogP contribution in [0, 0.1) is 0 Å². The van der Waals surface area contributed by atoms with Crippen LogP contribution in [0.15, 0.2) is 24.3 Å². The number of hydrogen-bond acceptors (Lipinski definition) is 3. The molecule has 1 aromatic carbocycles. The fourth-order valence-corrected chi connectivity index (χ4v) is 1.92. The van der Waals surface area contributed by atoms with Crippen LogP contribution in [0.5, 0.6) is 0 Å². The molecular weight excluding hydrogens is 274 g/mol. The number of carboxylic acids is 1. The van der Waals surface area contributed by atoms with Crippen molar-refractivity contribution >= 4 is 23.6 Å². The highest BCUT2D eigenvalue weighted by Gasteiger charge is 2.29. The number of hydrogen-bond donors (Lipinski definition) is 3. The van der Waals surface area contributed by atoms with E-state index in [1.54, 1.807) is 29.2 Å². The Morgan fingerprint density at radius 1 is 1.29 bits per heavy atom. The van der Waals surface area contributed by atoms with Gasteiger partial charge in [-0.25, -0.2) is 9.59 Å². The first kappa shape index (κ1) is 14.8. The van der Waals surface area contributed by atoms with Crippen molar-refractivity contribution in [2.45, 2.75) is 19.4 Å². The Morgan fingerprint density at radius 3 is 2.38 bits per heavy atom. The highest BCUT2D eigenvalue weighted by atomic mass is 16.4. The number of benzene rings is 1. The normalized spacial score (nSPS) is 14.8. The monoisotopic (exact) mass is 291 g/mol. The van der Waals surface area contributed by atoms with E-state index in [1.165, 1.54) is 13.8 Å². The minimum atomic E-state index is -1.34. The number of carboxylic acid groups (broad SMARTS) is 1. The summed E-state index contributed by atoms with van der Waals surface area (Å²) in [6.45, 7) is 4.00. The fraction of sp³-hybridized carbons (Fsp3) is 0.357. The first-order chi connectivity index (χ1) is 9.81. The molecule has 0 radical (unpaired) electrons. The SMILES string of the molecule is CC(C)(NC(=O)c1ccc(N2CCNC2=O)cc1)C(=O)O. The van der Waals surface area contributed by atoms with Gasteiger partial charge in [0.15, 0.2) is 0 Å². The predicted molar refractivity (Wildman–Crippen MR) is 76.4 cm³/mol. The van der Waals surface area contributed by atoms with E-state index in [0.717, 1.165) is 0 Å². The first-order valence-electron chi connectivity index (χ1n) is 6.52. The number of aliphatic carboxylic acids is 1. The van der Waals surface area contributed by atoms with Crippen molar-refractivity contribution in [3.8, 4) is 0 Å². The summed E-state index contributed by atoms with van der Waals surface area (Å²) in [4.78, 5) is 36.1. The number of nitrogens with zero attached hydrogens (tertiary/aromatic N) is 1. The molecule has 2 rings (SSSR count). The quantitative estimate of drug-likeness (QED) is 0.764. The number of carbonyl (C=O) groups is 3. The second-order valence-electron chi connectivity index (χ2n) is 5.31. The third-order valence-corrected chi connectivity index (χ3v) is 3.26. The summed E-state index contributed by atoms with van der Waals surface area (Å²) >= 11 is 0. The minimum Gasteiger partial charge on any atom is -0.480 e. The maximum atomic E-state index is 12.0. The molecular formula is C14H17N3O4. The summed E-state index contributed by atoms with van der Waals surface area (Å²) in [6, 6.07) is 6.28. The molecule has 0 spiro atoms. The number of amides is 3. The van der Waals surface area contributed by atoms with Gasteiger partial charge in [-0.1, -0.05) is 0 Å². The van der Waals surface area contributed by atoms with E-state index in [1.807, 2.05) is 0 Å². The van der Waals surface area contributed by atoms with Crippen molar-refractivity contribution in [3.63, 3.8) is 0 Å². The highest BCUT2D eigenvalue weighted by Crippen LogP contribution is 2.17. The molecule has 0 aromatic heterocycles. The van der Waals surface area contributed by atoms with Gasteiger partial charge in [0, 0.05) is 24.3 Å². The summed E-state index contributed by atoms with van der Waals surface area (Å²) in [7, 11) is 0. The standard InChI is InChI=1S/C14H17N3O4/c1-14(2,12(19)20)16-11(18)9-3-5-10(6-4-9)17-8-7-15-13(17)21/h3-6H,7-8H2,1-2H3,(H,15,21)(H,16,18)(H,19,20). The van der Waals surface area contributed by atoms with E-state index in [-0.39, 0.29) is 6.03 Å². The molecule has 1 saturated heterocycles. The lowest BCUT2D eigenvalue weighted by atomic mass is 10.1. The number of urea groups is 1. The van der Waals surface area contributed by atoms with Gasteiger partial charge in [0.25, 0.3) is 5.91 Å². The number of anilines is 1. The van der Waals surface area contributed by atoms with Crippen LogP contribution in [0.4, 0.5) is 10.5 Å². The minimum absolute atomic E-state index is 0.167. The topological polar surface area (TPSA) is 98.7 Å². The zero-order valence-electron chi connectivity index (χ0n) is 11.8. The Bertz CT molecular complexity index is 580. The zero-order chi connectivity index (χ0) is 15.6. The van der Waals surface area contributed by atoms with Crippen molar-refractivity contribution in [1.29, 1.82) is 0 Å². The Balaban J connectivity index is 2.10. The van der Waals surface area contributed by atoms with Crippen molar-refractivity contribution in [1.82, 2.24) is 10.6 Å². The summed E-state index contributed by atoms with van der Waals surface area (Å²) in [6.07, 6.45) is 0. The summed E-state index contributed by atoms with van der Waals surface area (Å²) in [5.41, 5.74) is -0.309. The van der Waals surface area contributed by atoms with Crippen LogP contribution in [-0.4, -0.2) is 41.6 Å². The molecule has 1 aliphatic rings. The van der Waals surface area contributed by atoms with Gasteiger partial charge in [-0.15, -0.1) is 0 Å². The average Bonchev–Trinajstić information content (AvgIpc) is 2.84. The Kier molecular flexibility index (Phi) is 3.84. The Morgan fingerprint density at radius 2 is 1.90 bits per heavy atom. The maximum absolute atomic E-state index is 12.0. The van der Waals surface area contributed by atoms with Gasteiger partial charge in [0.2, 0.25) is 0 Å². The van der Waals surface area contributed by atoms with Gasteiger partial charge in [-0.3, -0.25) is 9.69 Å². The molecule has 1 fully saturated rings. The third-order valence-electron chi connectivity index (χ3n) is 3.26. The van der Waals surface area contributed by atoms with Gasteiger partial charge in [0.05, 0.1) is 0 Å². The van der Waals surface area contributed by atoms with Crippen molar-refractivity contribution in [2.24, 2.45) is 0 Å². The van der Waals surface area contributed by atoms with Crippen LogP contribution < -0.4 is 15.5 Å². The lowest BCUT2D eigenvalue weighted by Crippen LogP contribution is -2.49. The molecule has 1 aromatic rings. The molecule has 7 nitrogen and oxygen atoms in total. The Hall–Kier alpha value is -2.57. The average molecular weight is 291 g/mol. The molecule has 112 valence electrons. The number of carbonyl (C=O) groups excluding carboxylic acids is 2. The lowest BCUT2D eigenvalue weighted by Gasteiger charge is -2.21.